The van der Waals surface area contributed by atoms with E-state index in [9.17, 15) is 0 Å². The zero-order valence-electron chi connectivity index (χ0n) is 13.2. The zero-order valence-corrected chi connectivity index (χ0v) is 13.2. The van der Waals surface area contributed by atoms with E-state index in [2.05, 4.69) is 30.8 Å². The van der Waals surface area contributed by atoms with Crippen LogP contribution in [0.4, 0.5) is 0 Å². The molecule has 19 heavy (non-hydrogen) atoms. The Morgan fingerprint density at radius 3 is 2.53 bits per heavy atom. The normalized spacial score (nSPS) is 12.2. The van der Waals surface area contributed by atoms with E-state index < -0.39 is 0 Å². The van der Waals surface area contributed by atoms with Gasteiger partial charge in [-0.3, -0.25) is 4.90 Å². The van der Waals surface area contributed by atoms with Gasteiger partial charge in [0, 0.05) is 20.1 Å². The molecule has 1 aromatic heterocycles. The molecule has 1 rings (SSSR count). The number of nitrogens with two attached hydrogens (primary N) is 1. The van der Waals surface area contributed by atoms with Crippen LogP contribution in [0.3, 0.4) is 0 Å². The Morgan fingerprint density at radius 1 is 1.42 bits per heavy atom. The van der Waals surface area contributed by atoms with Crippen molar-refractivity contribution >= 4 is 0 Å². The molecule has 0 unspecified atom stereocenters. The zero-order chi connectivity index (χ0) is 14.6. The van der Waals surface area contributed by atoms with Crippen molar-refractivity contribution in [3.63, 3.8) is 0 Å². The van der Waals surface area contributed by atoms with Crippen LogP contribution in [0.5, 0.6) is 5.88 Å². The smallest absolute Gasteiger partial charge is 0.216 e. The topological polar surface area (TPSA) is 56.3 Å². The van der Waals surface area contributed by atoms with E-state index in [1.54, 1.807) is 11.8 Å². The van der Waals surface area contributed by atoms with Crippen molar-refractivity contribution in [2.75, 3.05) is 26.7 Å². The van der Waals surface area contributed by atoms with E-state index >= 15 is 0 Å². The van der Waals surface area contributed by atoms with Gasteiger partial charge in [-0.05, 0) is 25.4 Å². The quantitative estimate of drug-likeness (QED) is 0.815. The average Bonchev–Trinajstić information content (AvgIpc) is 2.62. The van der Waals surface area contributed by atoms with E-state index in [4.69, 9.17) is 10.5 Å². The van der Waals surface area contributed by atoms with Crippen molar-refractivity contribution in [1.82, 2.24) is 14.7 Å². The van der Waals surface area contributed by atoms with Crippen LogP contribution >= 0.6 is 0 Å². The Labute approximate surface area is 116 Å². The van der Waals surface area contributed by atoms with Gasteiger partial charge in [0.05, 0.1) is 18.4 Å². The summed E-state index contributed by atoms with van der Waals surface area (Å²) in [5, 5.41) is 4.43. The van der Waals surface area contributed by atoms with Gasteiger partial charge in [-0.25, -0.2) is 4.68 Å². The summed E-state index contributed by atoms with van der Waals surface area (Å²) in [6, 6.07) is 0. The molecule has 0 aliphatic rings. The second-order valence-electron chi connectivity index (χ2n) is 5.87. The van der Waals surface area contributed by atoms with E-state index in [0.29, 0.717) is 6.54 Å². The van der Waals surface area contributed by atoms with Crippen LogP contribution in [0.1, 0.15) is 32.0 Å². The highest BCUT2D eigenvalue weighted by Crippen LogP contribution is 2.24. The van der Waals surface area contributed by atoms with Crippen LogP contribution in [-0.2, 0) is 13.6 Å². The molecule has 110 valence electrons. The Kier molecular flexibility index (Phi) is 5.38. The highest BCUT2D eigenvalue weighted by molar-refractivity contribution is 5.30. The van der Waals surface area contributed by atoms with Gasteiger partial charge in [0.2, 0.25) is 5.88 Å². The maximum Gasteiger partial charge on any atom is 0.216 e. The summed E-state index contributed by atoms with van der Waals surface area (Å²) in [6.45, 7) is 12.1. The third-order valence-electron chi connectivity index (χ3n) is 3.52. The van der Waals surface area contributed by atoms with Crippen molar-refractivity contribution < 1.29 is 4.74 Å². The van der Waals surface area contributed by atoms with Crippen LogP contribution < -0.4 is 10.5 Å². The summed E-state index contributed by atoms with van der Waals surface area (Å²) >= 11 is 0. The second-order valence-corrected chi connectivity index (χ2v) is 5.87. The number of methoxy groups -OCH3 is 1. The lowest BCUT2D eigenvalue weighted by atomic mass is 9.93. The molecule has 0 aliphatic heterocycles. The SMILES string of the molecule is CCN(Cc1c(C)nn(C)c1OC)CC(C)(C)CN. The van der Waals surface area contributed by atoms with Gasteiger partial charge in [-0.15, -0.1) is 0 Å². The summed E-state index contributed by atoms with van der Waals surface area (Å²) in [6.07, 6.45) is 0. The minimum absolute atomic E-state index is 0.124. The molecular formula is C14H28N4O. The Bertz CT molecular complexity index is 412. The summed E-state index contributed by atoms with van der Waals surface area (Å²) in [7, 11) is 3.61. The Balaban J connectivity index is 2.87. The fraction of sp³-hybridized carbons (Fsp3) is 0.786. The van der Waals surface area contributed by atoms with Crippen molar-refractivity contribution in [1.29, 1.82) is 0 Å². The first-order valence-electron chi connectivity index (χ1n) is 6.83. The number of hydrogen-bond donors (Lipinski definition) is 1. The molecule has 0 fully saturated rings. The van der Waals surface area contributed by atoms with E-state index in [1.165, 1.54) is 5.56 Å². The molecule has 2 N–H and O–H groups in total. The molecule has 0 spiro atoms. The first-order valence-corrected chi connectivity index (χ1v) is 6.83. The number of hydrogen-bond acceptors (Lipinski definition) is 4. The molecule has 0 bridgehead atoms. The van der Waals surface area contributed by atoms with Crippen molar-refractivity contribution in [2.45, 2.75) is 34.2 Å². The molecule has 0 amide bonds. The largest absolute Gasteiger partial charge is 0.481 e. The minimum Gasteiger partial charge on any atom is -0.481 e. The van der Waals surface area contributed by atoms with Crippen molar-refractivity contribution in [3.05, 3.63) is 11.3 Å². The summed E-state index contributed by atoms with van der Waals surface area (Å²) < 4.78 is 7.25. The van der Waals surface area contributed by atoms with Crippen LogP contribution in [0.15, 0.2) is 0 Å². The monoisotopic (exact) mass is 268 g/mol. The number of nitrogens with zero attached hydrogens (tertiary/aromatic N) is 3. The number of rotatable bonds is 7. The molecule has 0 aliphatic carbocycles. The molecule has 0 radical (unpaired) electrons. The molecule has 0 atom stereocenters. The maximum absolute atomic E-state index is 5.82. The molecule has 5 nitrogen and oxygen atoms in total. The highest BCUT2D eigenvalue weighted by Gasteiger charge is 2.22. The van der Waals surface area contributed by atoms with Crippen LogP contribution in [0.2, 0.25) is 0 Å². The molecule has 0 saturated carbocycles. The predicted molar refractivity (Wildman–Crippen MR) is 78.3 cm³/mol. The van der Waals surface area contributed by atoms with Gasteiger partial charge in [0.1, 0.15) is 0 Å². The van der Waals surface area contributed by atoms with E-state index in [0.717, 1.165) is 31.2 Å². The fourth-order valence-corrected chi connectivity index (χ4v) is 2.29. The number of ether oxygens (including phenoxy) is 1. The lowest BCUT2D eigenvalue weighted by Gasteiger charge is -2.31. The summed E-state index contributed by atoms with van der Waals surface area (Å²) in [5.41, 5.74) is 8.15. The number of aryl methyl sites for hydroxylation is 2. The van der Waals surface area contributed by atoms with Crippen molar-refractivity contribution in [3.8, 4) is 5.88 Å². The van der Waals surface area contributed by atoms with Gasteiger partial charge in [-0.2, -0.15) is 5.10 Å². The standard InChI is InChI=1S/C14H28N4O/c1-7-18(10-14(3,4)9-15)8-12-11(2)16-17(5)13(12)19-6/h7-10,15H2,1-6H3. The van der Waals surface area contributed by atoms with Gasteiger partial charge < -0.3 is 10.5 Å². The van der Waals surface area contributed by atoms with Crippen molar-refractivity contribution in [2.24, 2.45) is 18.2 Å². The third-order valence-corrected chi connectivity index (χ3v) is 3.52. The highest BCUT2D eigenvalue weighted by atomic mass is 16.5. The first kappa shape index (κ1) is 16.0. The van der Waals surface area contributed by atoms with Crippen LogP contribution in [0.25, 0.3) is 0 Å². The molecule has 0 aromatic carbocycles. The minimum atomic E-state index is 0.124. The predicted octanol–water partition coefficient (Wildman–Crippen LogP) is 1.54. The first-order chi connectivity index (χ1) is 8.84. The fourth-order valence-electron chi connectivity index (χ4n) is 2.29. The van der Waals surface area contributed by atoms with Gasteiger partial charge >= 0.3 is 0 Å². The van der Waals surface area contributed by atoms with Gasteiger partial charge in [0.15, 0.2) is 0 Å². The summed E-state index contributed by atoms with van der Waals surface area (Å²) in [4.78, 5) is 2.39. The number of aromatic nitrogens is 2. The Hall–Kier alpha value is -1.07. The second kappa shape index (κ2) is 6.39. The lowest BCUT2D eigenvalue weighted by molar-refractivity contribution is 0.181. The van der Waals surface area contributed by atoms with Gasteiger partial charge in [0.25, 0.3) is 0 Å². The molecule has 1 heterocycles. The van der Waals surface area contributed by atoms with Crippen LogP contribution in [0, 0.1) is 12.3 Å². The molecular weight excluding hydrogens is 240 g/mol. The Morgan fingerprint density at radius 2 is 2.05 bits per heavy atom. The lowest BCUT2D eigenvalue weighted by Crippen LogP contribution is -2.38. The molecule has 1 aromatic rings. The maximum atomic E-state index is 5.82. The van der Waals surface area contributed by atoms with Gasteiger partial charge in [-0.1, -0.05) is 20.8 Å². The van der Waals surface area contributed by atoms with Crippen LogP contribution in [-0.4, -0.2) is 41.4 Å². The van der Waals surface area contributed by atoms with E-state index in [1.807, 2.05) is 14.0 Å². The third kappa shape index (κ3) is 3.94. The average molecular weight is 268 g/mol. The van der Waals surface area contributed by atoms with E-state index in [-0.39, 0.29) is 5.41 Å². The molecule has 5 heteroatoms. The molecule has 0 saturated heterocycles. The summed E-state index contributed by atoms with van der Waals surface area (Å²) in [5.74, 6) is 0.849.